The van der Waals surface area contributed by atoms with Crippen LogP contribution in [-0.4, -0.2) is 38.2 Å². The van der Waals surface area contributed by atoms with Crippen LogP contribution in [-0.2, 0) is 0 Å². The summed E-state index contributed by atoms with van der Waals surface area (Å²) in [6, 6.07) is 3.58. The van der Waals surface area contributed by atoms with E-state index in [0.29, 0.717) is 23.8 Å². The molecule has 2 heterocycles. The predicted molar refractivity (Wildman–Crippen MR) is 95.9 cm³/mol. The summed E-state index contributed by atoms with van der Waals surface area (Å²) < 4.78 is 1.53. The number of carbonyl (C=O) groups is 1. The van der Waals surface area contributed by atoms with Gasteiger partial charge in [-0.1, -0.05) is 12.8 Å². The van der Waals surface area contributed by atoms with Crippen LogP contribution in [0, 0.1) is 5.92 Å². The van der Waals surface area contributed by atoms with E-state index in [2.05, 4.69) is 20.4 Å². The molecule has 3 rings (SSSR count). The monoisotopic (exact) mass is 372 g/mol. The molecule has 0 aliphatic heterocycles. The number of nitrogens with one attached hydrogen (secondary N) is 1. The number of amides is 1. The first-order valence-corrected chi connectivity index (χ1v) is 7.60. The first-order chi connectivity index (χ1) is 10.8. The van der Waals surface area contributed by atoms with Crippen LogP contribution in [0.1, 0.15) is 36.0 Å². The summed E-state index contributed by atoms with van der Waals surface area (Å²) in [6.07, 6.45) is 9.00. The number of halogens is 2. The van der Waals surface area contributed by atoms with Gasteiger partial charge in [0.1, 0.15) is 12.7 Å². The first kappa shape index (κ1) is 20.3. The molecule has 132 valence electrons. The van der Waals surface area contributed by atoms with Crippen molar-refractivity contribution in [1.29, 1.82) is 0 Å². The number of nitrogens with two attached hydrogens (primary N) is 1. The number of nitrogens with zero attached hydrogens (tertiary/aromatic N) is 4. The zero-order chi connectivity index (χ0) is 15.4. The van der Waals surface area contributed by atoms with Crippen LogP contribution < -0.4 is 11.1 Å². The van der Waals surface area contributed by atoms with Crippen molar-refractivity contribution in [2.45, 2.75) is 31.7 Å². The maximum absolute atomic E-state index is 12.5. The molecule has 2 aromatic heterocycles. The average Bonchev–Trinajstić information content (AvgIpc) is 3.10. The minimum absolute atomic E-state index is 0. The maximum atomic E-state index is 12.5. The molecule has 9 heteroatoms. The third-order valence-corrected chi connectivity index (χ3v) is 4.19. The predicted octanol–water partition coefficient (Wildman–Crippen LogP) is 1.75. The molecule has 0 aromatic carbocycles. The SMILES string of the molecule is Cl.Cl.NCC1CCCCC1NC(=O)c1ccnc(-n2cncn2)c1. The van der Waals surface area contributed by atoms with Gasteiger partial charge in [-0.25, -0.2) is 14.6 Å². The Morgan fingerprint density at radius 2 is 2.12 bits per heavy atom. The summed E-state index contributed by atoms with van der Waals surface area (Å²) in [5, 5.41) is 7.14. The molecule has 0 spiro atoms. The minimum atomic E-state index is -0.0888. The van der Waals surface area contributed by atoms with Gasteiger partial charge in [0, 0.05) is 17.8 Å². The minimum Gasteiger partial charge on any atom is -0.349 e. The zero-order valence-electron chi connectivity index (χ0n) is 13.2. The van der Waals surface area contributed by atoms with Gasteiger partial charge in [-0.3, -0.25) is 4.79 Å². The Kier molecular flexibility index (Phi) is 8.10. The summed E-state index contributed by atoms with van der Waals surface area (Å²) in [5.74, 6) is 0.854. The van der Waals surface area contributed by atoms with E-state index in [1.807, 2.05) is 0 Å². The lowest BCUT2D eigenvalue weighted by molar-refractivity contribution is 0.0908. The highest BCUT2D eigenvalue weighted by Crippen LogP contribution is 2.23. The van der Waals surface area contributed by atoms with Crippen LogP contribution in [0.4, 0.5) is 0 Å². The molecule has 24 heavy (non-hydrogen) atoms. The second kappa shape index (κ2) is 9.56. The molecule has 0 saturated heterocycles. The van der Waals surface area contributed by atoms with Crippen molar-refractivity contribution >= 4 is 30.7 Å². The molecule has 1 amide bonds. The second-order valence-corrected chi connectivity index (χ2v) is 5.60. The molecule has 1 aliphatic carbocycles. The number of carbonyl (C=O) groups excluding carboxylic acids is 1. The highest BCUT2D eigenvalue weighted by molar-refractivity contribution is 5.94. The fraction of sp³-hybridized carbons (Fsp3) is 0.467. The molecule has 1 fully saturated rings. The Hall–Kier alpha value is -1.70. The van der Waals surface area contributed by atoms with Crippen LogP contribution in [0.25, 0.3) is 5.82 Å². The van der Waals surface area contributed by atoms with E-state index in [9.17, 15) is 4.79 Å². The fourth-order valence-corrected chi connectivity index (χ4v) is 2.94. The molecule has 2 aromatic rings. The van der Waals surface area contributed by atoms with Gasteiger partial charge >= 0.3 is 0 Å². The van der Waals surface area contributed by atoms with Crippen LogP contribution in [0.2, 0.25) is 0 Å². The van der Waals surface area contributed by atoms with E-state index in [0.717, 1.165) is 19.3 Å². The van der Waals surface area contributed by atoms with E-state index in [1.165, 1.54) is 17.4 Å². The summed E-state index contributed by atoms with van der Waals surface area (Å²) >= 11 is 0. The van der Waals surface area contributed by atoms with Crippen LogP contribution >= 0.6 is 24.8 Å². The van der Waals surface area contributed by atoms with Gasteiger partial charge in [0.05, 0.1) is 0 Å². The number of aromatic nitrogens is 4. The van der Waals surface area contributed by atoms with Gasteiger partial charge in [0.25, 0.3) is 5.91 Å². The van der Waals surface area contributed by atoms with Gasteiger partial charge in [0.15, 0.2) is 5.82 Å². The molecule has 2 unspecified atom stereocenters. The van der Waals surface area contributed by atoms with Crippen molar-refractivity contribution in [3.63, 3.8) is 0 Å². The Morgan fingerprint density at radius 3 is 2.83 bits per heavy atom. The van der Waals surface area contributed by atoms with Gasteiger partial charge in [-0.15, -0.1) is 24.8 Å². The van der Waals surface area contributed by atoms with Gasteiger partial charge in [-0.05, 0) is 37.4 Å². The van der Waals surface area contributed by atoms with Crippen molar-refractivity contribution in [3.8, 4) is 5.82 Å². The van der Waals surface area contributed by atoms with Crippen LogP contribution in [0.3, 0.4) is 0 Å². The lowest BCUT2D eigenvalue weighted by atomic mass is 9.84. The molecule has 1 saturated carbocycles. The van der Waals surface area contributed by atoms with E-state index >= 15 is 0 Å². The highest BCUT2D eigenvalue weighted by atomic mass is 35.5. The Labute approximate surface area is 153 Å². The molecular weight excluding hydrogens is 351 g/mol. The molecule has 3 N–H and O–H groups in total. The summed E-state index contributed by atoms with van der Waals surface area (Å²) in [4.78, 5) is 20.6. The van der Waals surface area contributed by atoms with Gasteiger partial charge in [0.2, 0.25) is 0 Å². The molecular formula is C15H22Cl2N6O. The van der Waals surface area contributed by atoms with Crippen molar-refractivity contribution in [1.82, 2.24) is 25.1 Å². The fourth-order valence-electron chi connectivity index (χ4n) is 2.94. The Bertz CT molecular complexity index is 637. The largest absolute Gasteiger partial charge is 0.349 e. The topological polar surface area (TPSA) is 98.7 Å². The third kappa shape index (κ3) is 4.66. The Morgan fingerprint density at radius 1 is 1.33 bits per heavy atom. The summed E-state index contributed by atoms with van der Waals surface area (Å²) in [7, 11) is 0. The number of rotatable bonds is 4. The van der Waals surface area contributed by atoms with Gasteiger partial charge < -0.3 is 11.1 Å². The van der Waals surface area contributed by atoms with Crippen LogP contribution in [0.15, 0.2) is 31.0 Å². The number of hydrogen-bond acceptors (Lipinski definition) is 5. The second-order valence-electron chi connectivity index (χ2n) is 5.60. The van der Waals surface area contributed by atoms with Crippen LogP contribution in [0.5, 0.6) is 0 Å². The molecule has 1 aliphatic rings. The van der Waals surface area contributed by atoms with Crippen molar-refractivity contribution < 1.29 is 4.79 Å². The third-order valence-electron chi connectivity index (χ3n) is 4.19. The molecule has 7 nitrogen and oxygen atoms in total. The Balaban J connectivity index is 0.00000144. The quantitative estimate of drug-likeness (QED) is 0.851. The summed E-state index contributed by atoms with van der Waals surface area (Å²) in [6.45, 7) is 0.617. The zero-order valence-corrected chi connectivity index (χ0v) is 14.8. The maximum Gasteiger partial charge on any atom is 0.251 e. The standard InChI is InChI=1S/C15H20N6O.2ClH/c16-8-12-3-1-2-4-13(12)20-15(22)11-5-6-18-14(7-11)21-10-17-9-19-21;;/h5-7,9-10,12-13H,1-4,8,16H2,(H,20,22);2*1H. The van der Waals surface area contributed by atoms with Gasteiger partial charge in [-0.2, -0.15) is 5.10 Å². The first-order valence-electron chi connectivity index (χ1n) is 7.60. The van der Waals surface area contributed by atoms with E-state index in [1.54, 1.807) is 24.7 Å². The van der Waals surface area contributed by atoms with Crippen molar-refractivity contribution in [2.75, 3.05) is 6.54 Å². The highest BCUT2D eigenvalue weighted by Gasteiger charge is 2.25. The van der Waals surface area contributed by atoms with E-state index in [4.69, 9.17) is 5.73 Å². The number of hydrogen-bond donors (Lipinski definition) is 2. The molecule has 2 atom stereocenters. The lowest BCUT2D eigenvalue weighted by Gasteiger charge is -2.31. The number of pyridine rings is 1. The van der Waals surface area contributed by atoms with E-state index < -0.39 is 0 Å². The van der Waals surface area contributed by atoms with Crippen molar-refractivity contribution in [3.05, 3.63) is 36.5 Å². The summed E-state index contributed by atoms with van der Waals surface area (Å²) in [5.41, 5.74) is 6.39. The average molecular weight is 373 g/mol. The van der Waals surface area contributed by atoms with Crippen molar-refractivity contribution in [2.24, 2.45) is 11.7 Å². The normalized spacial score (nSPS) is 19.7. The molecule has 0 bridgehead atoms. The van der Waals surface area contributed by atoms with E-state index in [-0.39, 0.29) is 36.8 Å². The molecule has 0 radical (unpaired) electrons. The lowest BCUT2D eigenvalue weighted by Crippen LogP contribution is -2.44. The smallest absolute Gasteiger partial charge is 0.251 e.